The molecule has 0 saturated heterocycles. The zero-order chi connectivity index (χ0) is 12.8. The SMILES string of the molecule is CCOC(=O)C(S)(CC(N)=O)NC(=O)CS. The van der Waals surface area contributed by atoms with Crippen molar-refractivity contribution in [3.8, 4) is 0 Å². The summed E-state index contributed by atoms with van der Waals surface area (Å²) in [7, 11) is 0. The van der Waals surface area contributed by atoms with E-state index in [4.69, 9.17) is 10.5 Å². The lowest BCUT2D eigenvalue weighted by atomic mass is 10.2. The van der Waals surface area contributed by atoms with Crippen molar-refractivity contribution >= 4 is 43.0 Å². The number of carbonyl (C=O) groups is 3. The van der Waals surface area contributed by atoms with Gasteiger partial charge in [-0.3, -0.25) is 9.59 Å². The van der Waals surface area contributed by atoms with Crippen LogP contribution < -0.4 is 11.1 Å². The van der Waals surface area contributed by atoms with Crippen LogP contribution in [0.15, 0.2) is 0 Å². The van der Waals surface area contributed by atoms with Gasteiger partial charge >= 0.3 is 5.97 Å². The molecule has 8 heteroatoms. The van der Waals surface area contributed by atoms with E-state index in [1.54, 1.807) is 6.92 Å². The molecule has 0 aliphatic rings. The Morgan fingerprint density at radius 2 is 2.00 bits per heavy atom. The van der Waals surface area contributed by atoms with Crippen molar-refractivity contribution < 1.29 is 19.1 Å². The lowest BCUT2D eigenvalue weighted by Gasteiger charge is -2.25. The molecule has 0 bridgehead atoms. The molecule has 0 aromatic rings. The van der Waals surface area contributed by atoms with E-state index in [1.807, 2.05) is 0 Å². The van der Waals surface area contributed by atoms with Crippen LogP contribution in [0.25, 0.3) is 0 Å². The molecule has 0 aliphatic heterocycles. The first-order valence-electron chi connectivity index (χ1n) is 4.45. The number of nitrogens with one attached hydrogen (secondary N) is 1. The number of amides is 2. The summed E-state index contributed by atoms with van der Waals surface area (Å²) in [4.78, 5) is 31.7. The average molecular weight is 266 g/mol. The van der Waals surface area contributed by atoms with Gasteiger partial charge in [-0.15, -0.1) is 12.6 Å². The number of hydrogen-bond acceptors (Lipinski definition) is 6. The Kier molecular flexibility index (Phi) is 6.27. The minimum atomic E-state index is -1.73. The number of nitrogens with two attached hydrogens (primary N) is 1. The fourth-order valence-electron chi connectivity index (χ4n) is 0.940. The lowest BCUT2D eigenvalue weighted by Crippen LogP contribution is -2.53. The van der Waals surface area contributed by atoms with Crippen LogP contribution in [0.4, 0.5) is 0 Å². The lowest BCUT2D eigenvalue weighted by molar-refractivity contribution is -0.150. The molecule has 0 radical (unpaired) electrons. The normalized spacial score (nSPS) is 13.7. The predicted molar refractivity (Wildman–Crippen MR) is 64.2 cm³/mol. The second kappa shape index (κ2) is 6.64. The summed E-state index contributed by atoms with van der Waals surface area (Å²) in [5, 5.41) is 2.23. The zero-order valence-corrected chi connectivity index (χ0v) is 10.5. The van der Waals surface area contributed by atoms with E-state index < -0.39 is 29.1 Å². The maximum Gasteiger partial charge on any atom is 0.342 e. The van der Waals surface area contributed by atoms with Crippen molar-refractivity contribution in [3.63, 3.8) is 0 Å². The zero-order valence-electron chi connectivity index (χ0n) is 8.73. The van der Waals surface area contributed by atoms with E-state index in [-0.39, 0.29) is 12.4 Å². The third-order valence-corrected chi connectivity index (χ3v) is 2.27. The predicted octanol–water partition coefficient (Wildman–Crippen LogP) is -0.903. The van der Waals surface area contributed by atoms with Gasteiger partial charge in [-0.1, -0.05) is 0 Å². The van der Waals surface area contributed by atoms with Crippen LogP contribution in [0.5, 0.6) is 0 Å². The molecule has 6 nitrogen and oxygen atoms in total. The highest BCUT2D eigenvalue weighted by Gasteiger charge is 2.39. The van der Waals surface area contributed by atoms with Crippen LogP contribution >= 0.6 is 25.3 Å². The summed E-state index contributed by atoms with van der Waals surface area (Å²) >= 11 is 7.66. The first-order valence-corrected chi connectivity index (χ1v) is 5.53. The maximum atomic E-state index is 11.5. The van der Waals surface area contributed by atoms with Crippen molar-refractivity contribution in [1.82, 2.24) is 5.32 Å². The van der Waals surface area contributed by atoms with E-state index in [9.17, 15) is 14.4 Å². The molecule has 0 heterocycles. The third kappa shape index (κ3) is 4.75. The van der Waals surface area contributed by atoms with Gasteiger partial charge in [0.1, 0.15) is 0 Å². The van der Waals surface area contributed by atoms with E-state index in [0.717, 1.165) is 0 Å². The quantitative estimate of drug-likeness (QED) is 0.284. The molecular formula is C8H14N2O4S2. The Morgan fingerprint density at radius 1 is 1.44 bits per heavy atom. The molecule has 2 amide bonds. The Labute approximate surface area is 104 Å². The average Bonchev–Trinajstić information content (AvgIpc) is 2.16. The van der Waals surface area contributed by atoms with E-state index in [1.165, 1.54) is 0 Å². The van der Waals surface area contributed by atoms with Gasteiger partial charge < -0.3 is 15.8 Å². The number of carbonyl (C=O) groups excluding carboxylic acids is 3. The molecule has 0 saturated carbocycles. The molecule has 0 spiro atoms. The monoisotopic (exact) mass is 266 g/mol. The van der Waals surface area contributed by atoms with E-state index in [2.05, 4.69) is 30.6 Å². The second-order valence-corrected chi connectivity index (χ2v) is 4.01. The van der Waals surface area contributed by atoms with Crippen LogP contribution in [0.1, 0.15) is 13.3 Å². The molecule has 0 aliphatic carbocycles. The molecule has 0 fully saturated rings. The van der Waals surface area contributed by atoms with Crippen LogP contribution in [0, 0.1) is 0 Å². The summed E-state index contributed by atoms with van der Waals surface area (Å²) in [6.45, 7) is 1.70. The molecule has 0 aromatic carbocycles. The van der Waals surface area contributed by atoms with Crippen molar-refractivity contribution in [2.75, 3.05) is 12.4 Å². The number of thiol groups is 2. The minimum Gasteiger partial charge on any atom is -0.464 e. The molecular weight excluding hydrogens is 252 g/mol. The molecule has 1 atom stereocenters. The Balaban J connectivity index is 4.79. The van der Waals surface area contributed by atoms with Gasteiger partial charge in [-0.25, -0.2) is 4.79 Å². The standard InChI is InChI=1S/C8H14N2O4S2/c1-2-14-7(13)8(16,3-5(9)11)10-6(12)4-15/h15-16H,2-4H2,1H3,(H2,9,11)(H,10,12). The number of hydrogen-bond donors (Lipinski definition) is 4. The van der Waals surface area contributed by atoms with Crippen LogP contribution in [0.3, 0.4) is 0 Å². The van der Waals surface area contributed by atoms with Crippen molar-refractivity contribution in [2.24, 2.45) is 5.73 Å². The molecule has 16 heavy (non-hydrogen) atoms. The first-order chi connectivity index (χ1) is 7.35. The van der Waals surface area contributed by atoms with Gasteiger partial charge in [0.15, 0.2) is 4.87 Å². The third-order valence-electron chi connectivity index (χ3n) is 1.53. The molecule has 0 aromatic heterocycles. The number of rotatable bonds is 6. The van der Waals surface area contributed by atoms with Gasteiger partial charge in [-0.05, 0) is 6.92 Å². The summed E-state index contributed by atoms with van der Waals surface area (Å²) in [5.41, 5.74) is 4.96. The molecule has 92 valence electrons. The fourth-order valence-corrected chi connectivity index (χ4v) is 1.36. The highest BCUT2D eigenvalue weighted by atomic mass is 32.1. The van der Waals surface area contributed by atoms with Crippen molar-refractivity contribution in [1.29, 1.82) is 0 Å². The van der Waals surface area contributed by atoms with Gasteiger partial charge in [0.05, 0.1) is 18.8 Å². The maximum absolute atomic E-state index is 11.5. The first kappa shape index (κ1) is 15.1. The van der Waals surface area contributed by atoms with Gasteiger partial charge in [0.2, 0.25) is 11.8 Å². The summed E-state index contributed by atoms with van der Waals surface area (Å²) in [5.74, 6) is -2.29. The highest BCUT2D eigenvalue weighted by molar-refractivity contribution is 7.82. The number of ether oxygens (including phenoxy) is 1. The Hall–Kier alpha value is -0.890. The number of esters is 1. The largest absolute Gasteiger partial charge is 0.464 e. The summed E-state index contributed by atoms with van der Waals surface area (Å²) in [6, 6.07) is 0. The van der Waals surface area contributed by atoms with Crippen LogP contribution in [0.2, 0.25) is 0 Å². The second-order valence-electron chi connectivity index (χ2n) is 2.93. The van der Waals surface area contributed by atoms with Crippen LogP contribution in [-0.2, 0) is 19.1 Å². The minimum absolute atomic E-state index is 0.108. The van der Waals surface area contributed by atoms with Crippen molar-refractivity contribution in [3.05, 3.63) is 0 Å². The molecule has 3 N–H and O–H groups in total. The highest BCUT2D eigenvalue weighted by Crippen LogP contribution is 2.17. The van der Waals surface area contributed by atoms with E-state index >= 15 is 0 Å². The Bertz CT molecular complexity index is 298. The van der Waals surface area contributed by atoms with E-state index in [0.29, 0.717) is 0 Å². The topological polar surface area (TPSA) is 98.5 Å². The number of primary amides is 1. The molecule has 1 unspecified atom stereocenters. The van der Waals surface area contributed by atoms with Gasteiger partial charge in [0, 0.05) is 0 Å². The smallest absolute Gasteiger partial charge is 0.342 e. The van der Waals surface area contributed by atoms with Gasteiger partial charge in [-0.2, -0.15) is 12.6 Å². The fraction of sp³-hybridized carbons (Fsp3) is 0.625. The molecule has 0 rings (SSSR count). The Morgan fingerprint density at radius 3 is 2.38 bits per heavy atom. The van der Waals surface area contributed by atoms with Gasteiger partial charge in [0.25, 0.3) is 0 Å². The summed E-state index contributed by atoms with van der Waals surface area (Å²) in [6.07, 6.45) is -0.450. The van der Waals surface area contributed by atoms with Crippen LogP contribution in [-0.4, -0.2) is 35.0 Å². The van der Waals surface area contributed by atoms with Crippen molar-refractivity contribution in [2.45, 2.75) is 18.2 Å². The summed E-state index contributed by atoms with van der Waals surface area (Å²) < 4.78 is 4.69.